The van der Waals surface area contributed by atoms with Crippen LogP contribution in [0.5, 0.6) is 0 Å². The molecule has 0 bridgehead atoms. The van der Waals surface area contributed by atoms with E-state index in [9.17, 15) is 13.2 Å². The number of hydrogen-bond donors (Lipinski definition) is 2. The second kappa shape index (κ2) is 3.47. The lowest BCUT2D eigenvalue weighted by atomic mass is 10.2. The van der Waals surface area contributed by atoms with Crippen molar-refractivity contribution in [1.29, 1.82) is 0 Å². The highest BCUT2D eigenvalue weighted by molar-refractivity contribution is 9.10. The van der Waals surface area contributed by atoms with Crippen LogP contribution in [0, 0.1) is 0 Å². The summed E-state index contributed by atoms with van der Waals surface area (Å²) in [6, 6.07) is 1.42. The SMILES string of the molecule is Nc1cc(Br)nc(NC2(C(F)(F)F)CC2)n1. The van der Waals surface area contributed by atoms with E-state index in [2.05, 4.69) is 31.2 Å². The molecule has 2 rings (SSSR count). The molecule has 1 aliphatic carbocycles. The Balaban J connectivity index is 2.22. The molecule has 1 aliphatic rings. The van der Waals surface area contributed by atoms with E-state index in [-0.39, 0.29) is 24.6 Å². The fourth-order valence-corrected chi connectivity index (χ4v) is 1.71. The zero-order chi connectivity index (χ0) is 12.0. The lowest BCUT2D eigenvalue weighted by Gasteiger charge is -2.20. The standard InChI is InChI=1S/C8H8BrF3N4/c9-4-3-5(13)15-6(14-4)16-7(1-2-7)8(10,11)12/h3H,1-2H2,(H3,13,14,15,16). The molecule has 0 saturated heterocycles. The van der Waals surface area contributed by atoms with E-state index in [1.54, 1.807) is 0 Å². The molecule has 0 aliphatic heterocycles. The molecule has 1 fully saturated rings. The quantitative estimate of drug-likeness (QED) is 0.822. The average Bonchev–Trinajstić information content (AvgIpc) is 2.81. The van der Waals surface area contributed by atoms with Gasteiger partial charge in [-0.3, -0.25) is 0 Å². The van der Waals surface area contributed by atoms with Crippen LogP contribution in [-0.2, 0) is 0 Å². The Bertz CT molecular complexity index is 396. The first-order chi connectivity index (χ1) is 7.32. The van der Waals surface area contributed by atoms with Gasteiger partial charge in [-0.2, -0.15) is 18.2 Å². The predicted molar refractivity (Wildman–Crippen MR) is 55.8 cm³/mol. The minimum Gasteiger partial charge on any atom is -0.383 e. The van der Waals surface area contributed by atoms with E-state index in [0.717, 1.165) is 0 Å². The molecule has 0 spiro atoms. The van der Waals surface area contributed by atoms with Crippen molar-refractivity contribution < 1.29 is 13.2 Å². The van der Waals surface area contributed by atoms with Crippen LogP contribution >= 0.6 is 15.9 Å². The van der Waals surface area contributed by atoms with Crippen molar-refractivity contribution >= 4 is 27.7 Å². The van der Waals surface area contributed by atoms with Gasteiger partial charge in [-0.15, -0.1) is 0 Å². The number of nitrogens with two attached hydrogens (primary N) is 1. The van der Waals surface area contributed by atoms with Crippen LogP contribution in [0.25, 0.3) is 0 Å². The third kappa shape index (κ3) is 2.06. The van der Waals surface area contributed by atoms with Gasteiger partial charge in [-0.05, 0) is 28.8 Å². The van der Waals surface area contributed by atoms with Crippen molar-refractivity contribution in [3.05, 3.63) is 10.7 Å². The molecule has 1 aromatic rings. The maximum Gasteiger partial charge on any atom is 0.411 e. The van der Waals surface area contributed by atoms with E-state index in [4.69, 9.17) is 5.73 Å². The Hall–Kier alpha value is -1.05. The molecule has 0 aromatic carbocycles. The topological polar surface area (TPSA) is 63.8 Å². The molecule has 88 valence electrons. The normalized spacial score (nSPS) is 18.2. The van der Waals surface area contributed by atoms with Gasteiger partial charge in [0, 0.05) is 6.07 Å². The predicted octanol–water partition coefficient (Wildman–Crippen LogP) is 2.33. The highest BCUT2D eigenvalue weighted by Gasteiger charge is 2.64. The van der Waals surface area contributed by atoms with Gasteiger partial charge in [0.2, 0.25) is 5.95 Å². The summed E-state index contributed by atoms with van der Waals surface area (Å²) < 4.78 is 38.2. The smallest absolute Gasteiger partial charge is 0.383 e. The summed E-state index contributed by atoms with van der Waals surface area (Å²) in [6.07, 6.45) is -4.23. The molecule has 4 nitrogen and oxygen atoms in total. The molecule has 8 heteroatoms. The number of aromatic nitrogens is 2. The Morgan fingerprint density at radius 2 is 2.00 bits per heavy atom. The van der Waals surface area contributed by atoms with Gasteiger partial charge in [-0.25, -0.2) is 4.98 Å². The average molecular weight is 297 g/mol. The zero-order valence-corrected chi connectivity index (χ0v) is 9.56. The summed E-state index contributed by atoms with van der Waals surface area (Å²) in [6.45, 7) is 0. The molecule has 0 radical (unpaired) electrons. The zero-order valence-electron chi connectivity index (χ0n) is 7.98. The Morgan fingerprint density at radius 1 is 1.38 bits per heavy atom. The van der Waals surface area contributed by atoms with Gasteiger partial charge in [0.25, 0.3) is 0 Å². The van der Waals surface area contributed by atoms with E-state index in [0.29, 0.717) is 4.60 Å². The van der Waals surface area contributed by atoms with Gasteiger partial charge in [-0.1, -0.05) is 0 Å². The van der Waals surface area contributed by atoms with Crippen LogP contribution in [-0.4, -0.2) is 21.7 Å². The number of hydrogen-bond acceptors (Lipinski definition) is 4. The van der Waals surface area contributed by atoms with Crippen molar-refractivity contribution in [3.8, 4) is 0 Å². The fourth-order valence-electron chi connectivity index (χ4n) is 1.31. The Labute approximate surface area is 97.6 Å². The lowest BCUT2D eigenvalue weighted by molar-refractivity contribution is -0.151. The van der Waals surface area contributed by atoms with Crippen LogP contribution in [0.1, 0.15) is 12.8 Å². The van der Waals surface area contributed by atoms with E-state index in [1.807, 2.05) is 0 Å². The number of nitrogens with one attached hydrogen (secondary N) is 1. The van der Waals surface area contributed by atoms with E-state index >= 15 is 0 Å². The number of halogens is 4. The number of nitrogens with zero attached hydrogens (tertiary/aromatic N) is 2. The second-order valence-electron chi connectivity index (χ2n) is 3.64. The molecular weight excluding hydrogens is 289 g/mol. The van der Waals surface area contributed by atoms with Gasteiger partial charge in [0.05, 0.1) is 0 Å². The highest BCUT2D eigenvalue weighted by atomic mass is 79.9. The van der Waals surface area contributed by atoms with Crippen molar-refractivity contribution in [1.82, 2.24) is 9.97 Å². The van der Waals surface area contributed by atoms with Gasteiger partial charge < -0.3 is 11.1 Å². The van der Waals surface area contributed by atoms with Crippen LogP contribution in [0.2, 0.25) is 0 Å². The lowest BCUT2D eigenvalue weighted by Crippen LogP contribution is -2.39. The summed E-state index contributed by atoms with van der Waals surface area (Å²) in [5.74, 6) is 0.00375. The van der Waals surface area contributed by atoms with Crippen molar-refractivity contribution in [2.75, 3.05) is 11.1 Å². The summed E-state index contributed by atoms with van der Waals surface area (Å²) in [7, 11) is 0. The van der Waals surface area contributed by atoms with Crippen molar-refractivity contribution in [2.45, 2.75) is 24.6 Å². The van der Waals surface area contributed by atoms with Crippen LogP contribution < -0.4 is 11.1 Å². The van der Waals surface area contributed by atoms with Crippen LogP contribution in [0.4, 0.5) is 24.9 Å². The Kier molecular flexibility index (Phi) is 2.48. The Morgan fingerprint density at radius 3 is 2.44 bits per heavy atom. The fraction of sp³-hybridized carbons (Fsp3) is 0.500. The highest BCUT2D eigenvalue weighted by Crippen LogP contribution is 2.50. The minimum absolute atomic E-state index is 0.0340. The number of rotatable bonds is 2. The van der Waals surface area contributed by atoms with Gasteiger partial charge in [0.1, 0.15) is 16.0 Å². The third-order valence-electron chi connectivity index (χ3n) is 2.36. The minimum atomic E-state index is -4.30. The maximum atomic E-state index is 12.6. The summed E-state index contributed by atoms with van der Waals surface area (Å²) in [5, 5.41) is 2.29. The molecule has 1 heterocycles. The summed E-state index contributed by atoms with van der Waals surface area (Å²) in [4.78, 5) is 7.49. The number of alkyl halides is 3. The van der Waals surface area contributed by atoms with Gasteiger partial charge in [0.15, 0.2) is 0 Å². The number of nitrogen functional groups attached to an aromatic ring is 1. The molecule has 16 heavy (non-hydrogen) atoms. The van der Waals surface area contributed by atoms with Gasteiger partial charge >= 0.3 is 6.18 Å². The first-order valence-electron chi connectivity index (χ1n) is 4.47. The largest absolute Gasteiger partial charge is 0.411 e. The maximum absolute atomic E-state index is 12.6. The molecule has 0 atom stereocenters. The second-order valence-corrected chi connectivity index (χ2v) is 4.46. The number of anilines is 2. The summed E-state index contributed by atoms with van der Waals surface area (Å²) in [5.41, 5.74) is 3.53. The third-order valence-corrected chi connectivity index (χ3v) is 2.76. The van der Waals surface area contributed by atoms with E-state index in [1.165, 1.54) is 6.07 Å². The van der Waals surface area contributed by atoms with E-state index < -0.39 is 11.7 Å². The first-order valence-corrected chi connectivity index (χ1v) is 5.27. The molecular formula is C8H8BrF3N4. The summed E-state index contributed by atoms with van der Waals surface area (Å²) >= 11 is 3.04. The molecule has 0 amide bonds. The van der Waals surface area contributed by atoms with Crippen molar-refractivity contribution in [2.24, 2.45) is 0 Å². The van der Waals surface area contributed by atoms with Crippen LogP contribution in [0.3, 0.4) is 0 Å². The molecule has 1 saturated carbocycles. The molecule has 0 unspecified atom stereocenters. The first kappa shape index (κ1) is 11.4. The molecule has 1 aromatic heterocycles. The van der Waals surface area contributed by atoms with Crippen molar-refractivity contribution in [3.63, 3.8) is 0 Å². The van der Waals surface area contributed by atoms with Crippen LogP contribution in [0.15, 0.2) is 10.7 Å². The monoisotopic (exact) mass is 296 g/mol. The molecule has 3 N–H and O–H groups in total.